The number of nitriles is 1. The molecular weight excluding hydrogens is 462 g/mol. The lowest BCUT2D eigenvalue weighted by Crippen LogP contribution is -2.28. The van der Waals surface area contributed by atoms with Gasteiger partial charge in [0.05, 0.1) is 27.0 Å². The molecule has 0 aliphatic rings. The fourth-order valence-electron chi connectivity index (χ4n) is 3.52. The summed E-state index contributed by atoms with van der Waals surface area (Å²) in [5.74, 6) is 0.728. The molecule has 0 radical (unpaired) electrons. The molecule has 4 rings (SSSR count). The number of benzene rings is 1. The predicted octanol–water partition coefficient (Wildman–Crippen LogP) is 2.09. The van der Waals surface area contributed by atoms with Crippen LogP contribution in [0.4, 0.5) is 17.4 Å². The van der Waals surface area contributed by atoms with Gasteiger partial charge in [-0.3, -0.25) is 14.6 Å². The van der Waals surface area contributed by atoms with E-state index in [1.54, 1.807) is 19.2 Å². The molecule has 0 saturated carbocycles. The largest absolute Gasteiger partial charge is 0.493 e. The number of anilines is 3. The number of carbonyl (C=O) groups is 1. The van der Waals surface area contributed by atoms with Gasteiger partial charge in [-0.25, -0.2) is 4.98 Å². The van der Waals surface area contributed by atoms with E-state index in [-0.39, 0.29) is 27.8 Å². The Labute approximate surface area is 197 Å². The highest BCUT2D eigenvalue weighted by molar-refractivity contribution is 7.21. The van der Waals surface area contributed by atoms with Crippen molar-refractivity contribution in [1.82, 2.24) is 10.3 Å². The summed E-state index contributed by atoms with van der Waals surface area (Å²) in [7, 11) is 6.09. The molecule has 1 aromatic carbocycles. The van der Waals surface area contributed by atoms with Crippen molar-refractivity contribution in [3.05, 3.63) is 28.8 Å². The van der Waals surface area contributed by atoms with Gasteiger partial charge in [0.15, 0.2) is 23.8 Å². The van der Waals surface area contributed by atoms with Gasteiger partial charge in [0.1, 0.15) is 27.2 Å². The van der Waals surface area contributed by atoms with Crippen LogP contribution in [0.15, 0.2) is 22.9 Å². The average Bonchev–Trinajstić information content (AvgIpc) is 3.38. The number of rotatable bonds is 6. The second kappa shape index (κ2) is 8.75. The third-order valence-electron chi connectivity index (χ3n) is 4.98. The maximum Gasteiger partial charge on any atom is 0.302 e. The highest BCUT2D eigenvalue weighted by Crippen LogP contribution is 2.47. The van der Waals surface area contributed by atoms with Gasteiger partial charge in [-0.15, -0.1) is 11.3 Å². The molecule has 1 amide bonds. The first-order valence-electron chi connectivity index (χ1n) is 9.68. The van der Waals surface area contributed by atoms with Crippen LogP contribution in [-0.4, -0.2) is 37.5 Å². The van der Waals surface area contributed by atoms with Crippen molar-refractivity contribution in [1.29, 1.82) is 5.26 Å². The van der Waals surface area contributed by atoms with Gasteiger partial charge in [-0.1, -0.05) is 4.68 Å². The average molecular weight is 483 g/mol. The van der Waals surface area contributed by atoms with Crippen molar-refractivity contribution in [3.63, 3.8) is 0 Å². The lowest BCUT2D eigenvalue weighted by Gasteiger charge is -2.16. The fraction of sp³-hybridized carbons (Fsp3) is 0.190. The van der Waals surface area contributed by atoms with Gasteiger partial charge in [-0.2, -0.15) is 5.26 Å². The number of nitrogen functional groups attached to an aromatic ring is 2. The van der Waals surface area contributed by atoms with Gasteiger partial charge in [0.25, 0.3) is 12.1 Å². The van der Waals surface area contributed by atoms with Crippen LogP contribution in [-0.2, 0) is 7.05 Å². The summed E-state index contributed by atoms with van der Waals surface area (Å²) < 4.78 is 22.7. The minimum Gasteiger partial charge on any atom is -0.493 e. The Morgan fingerprint density at radius 2 is 1.88 bits per heavy atom. The number of ether oxygens (including phenoxy) is 3. The number of carbonyl (C=O) groups excluding carboxylic acids is 1. The van der Waals surface area contributed by atoms with Gasteiger partial charge < -0.3 is 25.7 Å². The molecule has 3 aromatic heterocycles. The summed E-state index contributed by atoms with van der Waals surface area (Å²) >= 11 is 1.03. The van der Waals surface area contributed by atoms with E-state index in [1.807, 2.05) is 0 Å². The van der Waals surface area contributed by atoms with Crippen LogP contribution >= 0.6 is 11.3 Å². The molecule has 5 N–H and O–H groups in total. The first-order chi connectivity index (χ1) is 16.3. The van der Waals surface area contributed by atoms with E-state index in [0.717, 1.165) is 11.3 Å². The van der Waals surface area contributed by atoms with Gasteiger partial charge in [0.2, 0.25) is 5.75 Å². The smallest absolute Gasteiger partial charge is 0.302 e. The summed E-state index contributed by atoms with van der Waals surface area (Å²) in [6.07, 6.45) is 1.49. The van der Waals surface area contributed by atoms with E-state index >= 15 is 0 Å². The molecule has 12 nitrogen and oxygen atoms in total. The van der Waals surface area contributed by atoms with Crippen molar-refractivity contribution in [2.45, 2.75) is 0 Å². The zero-order chi connectivity index (χ0) is 24.6. The SMILES string of the molecule is COc1cc(-c2c(C#N)c(N)nc3sc(C(=O)Nc4c[n+](C)no4)c(N)c23)cc(OC)c1OC. The van der Waals surface area contributed by atoms with Crippen LogP contribution in [0.1, 0.15) is 15.2 Å². The molecule has 4 aromatic rings. The zero-order valence-electron chi connectivity index (χ0n) is 18.6. The Morgan fingerprint density at radius 3 is 2.41 bits per heavy atom. The first-order valence-corrected chi connectivity index (χ1v) is 10.5. The number of hydrogen-bond acceptors (Lipinski definition) is 11. The van der Waals surface area contributed by atoms with Crippen LogP contribution in [0.25, 0.3) is 21.3 Å². The molecule has 0 saturated heterocycles. The number of hydrogen-bond donors (Lipinski definition) is 3. The molecule has 0 atom stereocenters. The second-order valence-corrected chi connectivity index (χ2v) is 7.99. The van der Waals surface area contributed by atoms with Crippen molar-refractivity contribution in [2.75, 3.05) is 38.1 Å². The van der Waals surface area contributed by atoms with E-state index in [4.69, 9.17) is 30.2 Å². The number of nitrogens with zero attached hydrogens (tertiary/aromatic N) is 4. The quantitative estimate of drug-likeness (QED) is 0.345. The number of nitrogens with one attached hydrogen (secondary N) is 1. The molecule has 0 aliphatic carbocycles. The maximum atomic E-state index is 12.9. The summed E-state index contributed by atoms with van der Waals surface area (Å²) in [5.41, 5.74) is 13.7. The maximum absolute atomic E-state index is 12.9. The summed E-state index contributed by atoms with van der Waals surface area (Å²) in [6, 6.07) is 5.43. The van der Waals surface area contributed by atoms with E-state index < -0.39 is 5.91 Å². The van der Waals surface area contributed by atoms with Gasteiger partial charge in [0, 0.05) is 10.9 Å². The van der Waals surface area contributed by atoms with Crippen molar-refractivity contribution in [2.24, 2.45) is 7.05 Å². The van der Waals surface area contributed by atoms with E-state index in [2.05, 4.69) is 21.6 Å². The number of nitrogens with two attached hydrogens (primary N) is 2. The van der Waals surface area contributed by atoms with Crippen LogP contribution in [0, 0.1) is 11.3 Å². The lowest BCUT2D eigenvalue weighted by atomic mass is 9.96. The third-order valence-corrected chi connectivity index (χ3v) is 6.08. The number of aryl methyl sites for hydroxylation is 1. The normalized spacial score (nSPS) is 10.7. The second-order valence-electron chi connectivity index (χ2n) is 6.99. The fourth-order valence-corrected chi connectivity index (χ4v) is 4.52. The zero-order valence-corrected chi connectivity index (χ0v) is 19.4. The minimum atomic E-state index is -0.523. The molecule has 0 bridgehead atoms. The first kappa shape index (κ1) is 22.6. The molecule has 0 unspecified atom stereocenters. The molecule has 0 fully saturated rings. The Hall–Kier alpha value is -4.57. The van der Waals surface area contributed by atoms with Crippen LogP contribution < -0.4 is 35.7 Å². The van der Waals surface area contributed by atoms with Crippen molar-refractivity contribution in [3.8, 4) is 34.4 Å². The highest BCUT2D eigenvalue weighted by atomic mass is 32.1. The van der Waals surface area contributed by atoms with Gasteiger partial charge >= 0.3 is 5.88 Å². The van der Waals surface area contributed by atoms with Crippen LogP contribution in [0.2, 0.25) is 0 Å². The summed E-state index contributed by atoms with van der Waals surface area (Å²) in [5, 5.41) is 16.5. The Balaban J connectivity index is 1.97. The minimum absolute atomic E-state index is 0.00535. The predicted molar refractivity (Wildman–Crippen MR) is 124 cm³/mol. The highest BCUT2D eigenvalue weighted by Gasteiger charge is 2.27. The third kappa shape index (κ3) is 3.65. The lowest BCUT2D eigenvalue weighted by molar-refractivity contribution is -0.739. The monoisotopic (exact) mass is 482 g/mol. The Kier molecular flexibility index (Phi) is 5.82. The molecule has 3 heterocycles. The number of thiophene rings is 1. The van der Waals surface area contributed by atoms with Crippen LogP contribution in [0.3, 0.4) is 0 Å². The molecule has 174 valence electrons. The summed E-state index contributed by atoms with van der Waals surface area (Å²) in [6.45, 7) is 0. The van der Waals surface area contributed by atoms with E-state index in [9.17, 15) is 10.1 Å². The number of amides is 1. The summed E-state index contributed by atoms with van der Waals surface area (Å²) in [4.78, 5) is 17.8. The van der Waals surface area contributed by atoms with Crippen LogP contribution in [0.5, 0.6) is 17.2 Å². The standard InChI is InChI=1S/C21H19N7O5S/c1-28-8-13(33-27-28)25-20(29)18-16(23)15-14(10(7-22)19(24)26-21(15)34-18)9-5-11(30-2)17(32-4)12(6-9)31-3/h5-6,8H,1-4H3,(H4-,23,24,25,26,27,29)/p+1. The number of methoxy groups -OCH3 is 3. The molecule has 13 heteroatoms. The molecule has 0 spiro atoms. The molecule has 0 aliphatic heterocycles. The molecular formula is C21H20N7O5S+. The van der Waals surface area contributed by atoms with E-state index in [1.165, 1.54) is 32.2 Å². The Bertz CT molecular complexity index is 1450. The molecule has 34 heavy (non-hydrogen) atoms. The number of aromatic nitrogens is 3. The topological polar surface area (TPSA) is 175 Å². The number of pyridine rings is 1. The van der Waals surface area contributed by atoms with Crippen molar-refractivity contribution < 1.29 is 28.2 Å². The van der Waals surface area contributed by atoms with Gasteiger partial charge in [-0.05, 0) is 17.7 Å². The van der Waals surface area contributed by atoms with Crippen molar-refractivity contribution >= 4 is 44.9 Å². The Morgan fingerprint density at radius 1 is 1.21 bits per heavy atom. The number of fused-ring (bicyclic) bond motifs is 1. The van der Waals surface area contributed by atoms with E-state index in [0.29, 0.717) is 38.6 Å².